The number of nitrogens with two attached hydrogens (primary N) is 1. The van der Waals surface area contributed by atoms with E-state index in [-0.39, 0.29) is 16.4 Å². The lowest BCUT2D eigenvalue weighted by Gasteiger charge is -2.06. The number of hydrogen-bond donors (Lipinski definition) is 2. The van der Waals surface area contributed by atoms with Crippen LogP contribution in [0, 0.1) is 0 Å². The second kappa shape index (κ2) is 3.86. The molecule has 1 aromatic carbocycles. The maximum Gasteiger partial charge on any atom is 0.265 e. The van der Waals surface area contributed by atoms with Crippen LogP contribution in [-0.2, 0) is 10.0 Å². The van der Waals surface area contributed by atoms with Crippen molar-refractivity contribution in [1.82, 2.24) is 5.16 Å². The number of aromatic nitrogens is 1. The Morgan fingerprint density at radius 2 is 2.00 bits per heavy atom. The van der Waals surface area contributed by atoms with Gasteiger partial charge in [0.1, 0.15) is 11.2 Å². The molecule has 0 radical (unpaired) electrons. The molecule has 0 fully saturated rings. The highest BCUT2D eigenvalue weighted by Crippen LogP contribution is 2.19. The van der Waals surface area contributed by atoms with Crippen molar-refractivity contribution >= 4 is 21.5 Å². The molecular formula is C9H9N3O3S. The van der Waals surface area contributed by atoms with Gasteiger partial charge in [0.2, 0.25) is 0 Å². The standard InChI is InChI=1S/C9H9N3O3S/c10-7-3-1-2-4-8(7)16(13,14)12-9-5-6-15-11-9/h1-6H,10H2,(H,11,12). The molecule has 16 heavy (non-hydrogen) atoms. The Kier molecular flexibility index (Phi) is 2.53. The molecule has 2 aromatic rings. The third-order valence-corrected chi connectivity index (χ3v) is 3.31. The van der Waals surface area contributed by atoms with Crippen molar-refractivity contribution in [3.8, 4) is 0 Å². The van der Waals surface area contributed by atoms with Gasteiger partial charge in [0.25, 0.3) is 10.0 Å². The second-order valence-corrected chi connectivity index (χ2v) is 4.68. The lowest BCUT2D eigenvalue weighted by atomic mass is 10.3. The smallest absolute Gasteiger partial charge is 0.265 e. The minimum absolute atomic E-state index is 0.0120. The summed E-state index contributed by atoms with van der Waals surface area (Å²) in [4.78, 5) is 0.0120. The molecule has 0 atom stereocenters. The van der Waals surface area contributed by atoms with Crippen molar-refractivity contribution in [2.24, 2.45) is 0 Å². The summed E-state index contributed by atoms with van der Waals surface area (Å²) in [5.74, 6) is 0.114. The quantitative estimate of drug-likeness (QED) is 0.780. The van der Waals surface area contributed by atoms with Crippen molar-refractivity contribution in [2.75, 3.05) is 10.5 Å². The van der Waals surface area contributed by atoms with Gasteiger partial charge in [-0.25, -0.2) is 8.42 Å². The first-order chi connectivity index (χ1) is 7.59. The number of nitrogen functional groups attached to an aromatic ring is 1. The van der Waals surface area contributed by atoms with E-state index in [4.69, 9.17) is 5.73 Å². The summed E-state index contributed by atoms with van der Waals surface area (Å²) in [6, 6.07) is 7.57. The average Bonchev–Trinajstić information content (AvgIpc) is 2.70. The van der Waals surface area contributed by atoms with Gasteiger partial charge in [0.15, 0.2) is 5.82 Å². The van der Waals surface area contributed by atoms with Gasteiger partial charge in [-0.3, -0.25) is 4.72 Å². The molecule has 0 amide bonds. The molecule has 0 spiro atoms. The van der Waals surface area contributed by atoms with Gasteiger partial charge in [0, 0.05) is 6.07 Å². The Morgan fingerprint density at radius 3 is 2.62 bits per heavy atom. The number of sulfonamides is 1. The molecule has 0 saturated heterocycles. The monoisotopic (exact) mass is 239 g/mol. The zero-order valence-electron chi connectivity index (χ0n) is 8.12. The average molecular weight is 239 g/mol. The first-order valence-electron chi connectivity index (χ1n) is 4.37. The first-order valence-corrected chi connectivity index (χ1v) is 5.85. The molecule has 6 nitrogen and oxygen atoms in total. The third-order valence-electron chi connectivity index (χ3n) is 1.89. The van der Waals surface area contributed by atoms with E-state index in [0.29, 0.717) is 0 Å². The first kappa shape index (κ1) is 10.5. The normalized spacial score (nSPS) is 11.2. The van der Waals surface area contributed by atoms with E-state index in [1.807, 2.05) is 0 Å². The Morgan fingerprint density at radius 1 is 1.25 bits per heavy atom. The predicted molar refractivity (Wildman–Crippen MR) is 58.2 cm³/mol. The number of para-hydroxylation sites is 1. The van der Waals surface area contributed by atoms with Crippen LogP contribution in [0.15, 0.2) is 46.0 Å². The van der Waals surface area contributed by atoms with Crippen LogP contribution in [0.3, 0.4) is 0 Å². The third kappa shape index (κ3) is 1.98. The second-order valence-electron chi connectivity index (χ2n) is 3.03. The summed E-state index contributed by atoms with van der Waals surface area (Å²) >= 11 is 0. The highest BCUT2D eigenvalue weighted by Gasteiger charge is 2.17. The summed E-state index contributed by atoms with van der Waals surface area (Å²) in [7, 11) is -3.71. The molecule has 84 valence electrons. The zero-order chi connectivity index (χ0) is 11.6. The van der Waals surface area contributed by atoms with Crippen LogP contribution >= 0.6 is 0 Å². The molecule has 0 aliphatic carbocycles. The Balaban J connectivity index is 2.37. The Bertz CT molecular complexity index is 578. The summed E-state index contributed by atoms with van der Waals surface area (Å²) in [6.07, 6.45) is 1.27. The van der Waals surface area contributed by atoms with Crippen LogP contribution < -0.4 is 10.5 Å². The van der Waals surface area contributed by atoms with Crippen LogP contribution in [-0.4, -0.2) is 13.6 Å². The molecule has 1 aromatic heterocycles. The van der Waals surface area contributed by atoms with Crippen LogP contribution in [0.4, 0.5) is 11.5 Å². The molecule has 1 heterocycles. The Hall–Kier alpha value is -2.02. The summed E-state index contributed by atoms with van der Waals surface area (Å²) in [5.41, 5.74) is 5.75. The zero-order valence-corrected chi connectivity index (χ0v) is 8.94. The number of nitrogens with one attached hydrogen (secondary N) is 1. The summed E-state index contributed by atoms with van der Waals surface area (Å²) < 4.78 is 30.5. The predicted octanol–water partition coefficient (Wildman–Crippen LogP) is 1.06. The van der Waals surface area contributed by atoms with E-state index < -0.39 is 10.0 Å². The van der Waals surface area contributed by atoms with Crippen LogP contribution in [0.25, 0.3) is 0 Å². The minimum atomic E-state index is -3.71. The highest BCUT2D eigenvalue weighted by molar-refractivity contribution is 7.92. The maximum absolute atomic E-state index is 11.8. The van der Waals surface area contributed by atoms with Crippen LogP contribution in [0.2, 0.25) is 0 Å². The molecule has 7 heteroatoms. The molecule has 2 rings (SSSR count). The van der Waals surface area contributed by atoms with E-state index in [1.165, 1.54) is 24.5 Å². The fourth-order valence-electron chi connectivity index (χ4n) is 1.18. The van der Waals surface area contributed by atoms with Gasteiger partial charge in [0.05, 0.1) is 5.69 Å². The molecular weight excluding hydrogens is 230 g/mol. The van der Waals surface area contributed by atoms with Crippen LogP contribution in [0.1, 0.15) is 0 Å². The summed E-state index contributed by atoms with van der Waals surface area (Å²) in [6.45, 7) is 0. The van der Waals surface area contributed by atoms with E-state index in [1.54, 1.807) is 12.1 Å². The SMILES string of the molecule is Nc1ccccc1S(=O)(=O)Nc1ccon1. The van der Waals surface area contributed by atoms with Gasteiger partial charge in [-0.15, -0.1) is 0 Å². The maximum atomic E-state index is 11.8. The number of benzene rings is 1. The van der Waals surface area contributed by atoms with Crippen LogP contribution in [0.5, 0.6) is 0 Å². The lowest BCUT2D eigenvalue weighted by Crippen LogP contribution is -2.14. The highest BCUT2D eigenvalue weighted by atomic mass is 32.2. The molecule has 0 saturated carbocycles. The van der Waals surface area contributed by atoms with Crippen molar-refractivity contribution in [3.05, 3.63) is 36.6 Å². The van der Waals surface area contributed by atoms with E-state index in [9.17, 15) is 8.42 Å². The Labute approximate surface area is 92.1 Å². The number of hydrogen-bond acceptors (Lipinski definition) is 5. The van der Waals surface area contributed by atoms with E-state index in [0.717, 1.165) is 0 Å². The van der Waals surface area contributed by atoms with Gasteiger partial charge in [-0.1, -0.05) is 17.3 Å². The van der Waals surface area contributed by atoms with Crippen molar-refractivity contribution in [1.29, 1.82) is 0 Å². The topological polar surface area (TPSA) is 98.2 Å². The molecule has 0 aliphatic heterocycles. The largest absolute Gasteiger partial charge is 0.398 e. The fraction of sp³-hybridized carbons (Fsp3) is 0. The lowest BCUT2D eigenvalue weighted by molar-refractivity contribution is 0.423. The van der Waals surface area contributed by atoms with Gasteiger partial charge in [-0.05, 0) is 12.1 Å². The summed E-state index contributed by atoms with van der Waals surface area (Å²) in [5, 5.41) is 3.45. The molecule has 0 bridgehead atoms. The number of nitrogens with zero attached hydrogens (tertiary/aromatic N) is 1. The number of rotatable bonds is 3. The fourth-order valence-corrected chi connectivity index (χ4v) is 2.31. The van der Waals surface area contributed by atoms with E-state index in [2.05, 4.69) is 14.4 Å². The minimum Gasteiger partial charge on any atom is -0.398 e. The molecule has 0 unspecified atom stereocenters. The van der Waals surface area contributed by atoms with Gasteiger partial charge >= 0.3 is 0 Å². The molecule has 3 N–H and O–H groups in total. The van der Waals surface area contributed by atoms with Crippen molar-refractivity contribution in [2.45, 2.75) is 4.90 Å². The van der Waals surface area contributed by atoms with E-state index >= 15 is 0 Å². The van der Waals surface area contributed by atoms with Crippen molar-refractivity contribution in [3.63, 3.8) is 0 Å². The van der Waals surface area contributed by atoms with Gasteiger partial charge < -0.3 is 10.3 Å². The molecule has 0 aliphatic rings. The number of anilines is 2. The van der Waals surface area contributed by atoms with Crippen molar-refractivity contribution < 1.29 is 12.9 Å². The van der Waals surface area contributed by atoms with Gasteiger partial charge in [-0.2, -0.15) is 0 Å².